The third-order valence-corrected chi connectivity index (χ3v) is 3.62. The molecule has 0 spiro atoms. The standard InChI is InChI=1S/C13H17N7O2/c21-12(8-19-9-15-17-18-19)14-5-6-20-13(22)7-10-3-1-2-4-11(10)16-20/h7,9H,1-6,8H2,(H,14,21). The summed E-state index contributed by atoms with van der Waals surface area (Å²) in [5.41, 5.74) is 1.96. The first-order valence-corrected chi connectivity index (χ1v) is 7.30. The van der Waals surface area contributed by atoms with Gasteiger partial charge in [-0.25, -0.2) is 9.36 Å². The molecule has 2 aromatic rings. The van der Waals surface area contributed by atoms with Gasteiger partial charge < -0.3 is 5.32 Å². The zero-order valence-electron chi connectivity index (χ0n) is 12.1. The Morgan fingerprint density at radius 2 is 2.18 bits per heavy atom. The van der Waals surface area contributed by atoms with E-state index in [9.17, 15) is 9.59 Å². The number of carbonyl (C=O) groups is 1. The highest BCUT2D eigenvalue weighted by Crippen LogP contribution is 2.16. The highest BCUT2D eigenvalue weighted by Gasteiger charge is 2.13. The predicted molar refractivity (Wildman–Crippen MR) is 76.0 cm³/mol. The topological polar surface area (TPSA) is 108 Å². The van der Waals surface area contributed by atoms with Crippen LogP contribution in [-0.4, -0.2) is 42.4 Å². The maximum atomic E-state index is 12.0. The van der Waals surface area contributed by atoms with Crippen LogP contribution >= 0.6 is 0 Å². The van der Waals surface area contributed by atoms with Crippen molar-refractivity contribution in [3.8, 4) is 0 Å². The summed E-state index contributed by atoms with van der Waals surface area (Å²) >= 11 is 0. The molecule has 0 saturated heterocycles. The first-order valence-electron chi connectivity index (χ1n) is 7.30. The number of aromatic nitrogens is 6. The molecule has 2 heterocycles. The van der Waals surface area contributed by atoms with E-state index in [4.69, 9.17) is 0 Å². The van der Waals surface area contributed by atoms with Gasteiger partial charge in [0.25, 0.3) is 5.56 Å². The maximum absolute atomic E-state index is 12.0. The molecule has 0 aliphatic heterocycles. The smallest absolute Gasteiger partial charge is 0.267 e. The van der Waals surface area contributed by atoms with Crippen molar-refractivity contribution in [3.05, 3.63) is 34.0 Å². The third-order valence-electron chi connectivity index (χ3n) is 3.62. The minimum atomic E-state index is -0.210. The van der Waals surface area contributed by atoms with Crippen molar-refractivity contribution in [1.82, 2.24) is 35.3 Å². The summed E-state index contributed by atoms with van der Waals surface area (Å²) in [4.78, 5) is 23.7. The molecule has 0 radical (unpaired) electrons. The largest absolute Gasteiger partial charge is 0.353 e. The lowest BCUT2D eigenvalue weighted by Gasteiger charge is -2.15. The summed E-state index contributed by atoms with van der Waals surface area (Å²) in [5.74, 6) is -0.210. The summed E-state index contributed by atoms with van der Waals surface area (Å²) in [6.45, 7) is 0.750. The lowest BCUT2D eigenvalue weighted by Crippen LogP contribution is -2.34. The van der Waals surface area contributed by atoms with Crippen molar-refractivity contribution in [2.45, 2.75) is 38.8 Å². The van der Waals surface area contributed by atoms with E-state index in [-0.39, 0.29) is 18.0 Å². The monoisotopic (exact) mass is 303 g/mol. The SMILES string of the molecule is O=C(Cn1cnnn1)NCCn1nc2c(cc1=O)CCCC2. The van der Waals surface area contributed by atoms with Crippen LogP contribution in [0.4, 0.5) is 0 Å². The summed E-state index contributed by atoms with van der Waals surface area (Å²) in [6, 6.07) is 1.67. The molecule has 2 aromatic heterocycles. The van der Waals surface area contributed by atoms with Crippen molar-refractivity contribution >= 4 is 5.91 Å². The molecule has 0 fully saturated rings. The number of fused-ring (bicyclic) bond motifs is 1. The summed E-state index contributed by atoms with van der Waals surface area (Å²) in [6.07, 6.45) is 5.45. The number of nitrogens with zero attached hydrogens (tertiary/aromatic N) is 6. The molecular formula is C13H17N7O2. The van der Waals surface area contributed by atoms with E-state index < -0.39 is 0 Å². The van der Waals surface area contributed by atoms with Gasteiger partial charge in [-0.3, -0.25) is 9.59 Å². The molecule has 1 aliphatic rings. The van der Waals surface area contributed by atoms with Gasteiger partial charge in [0, 0.05) is 12.6 Å². The second-order valence-corrected chi connectivity index (χ2v) is 5.24. The molecule has 0 aromatic carbocycles. The number of nitrogens with one attached hydrogen (secondary N) is 1. The van der Waals surface area contributed by atoms with Crippen molar-refractivity contribution in [1.29, 1.82) is 0 Å². The Balaban J connectivity index is 1.55. The van der Waals surface area contributed by atoms with E-state index in [2.05, 4.69) is 25.9 Å². The fourth-order valence-corrected chi connectivity index (χ4v) is 2.52. The molecule has 1 aliphatic carbocycles. The van der Waals surface area contributed by atoms with Gasteiger partial charge in [0.05, 0.1) is 12.2 Å². The van der Waals surface area contributed by atoms with Gasteiger partial charge in [-0.1, -0.05) is 0 Å². The quantitative estimate of drug-likeness (QED) is 0.753. The van der Waals surface area contributed by atoms with Gasteiger partial charge in [0.15, 0.2) is 0 Å². The van der Waals surface area contributed by atoms with Gasteiger partial charge in [0.2, 0.25) is 5.91 Å². The fraction of sp³-hybridized carbons (Fsp3) is 0.538. The zero-order chi connectivity index (χ0) is 15.4. The van der Waals surface area contributed by atoms with Crippen LogP contribution in [-0.2, 0) is 30.7 Å². The average Bonchev–Trinajstić information content (AvgIpc) is 3.00. The van der Waals surface area contributed by atoms with Gasteiger partial charge in [-0.15, -0.1) is 5.10 Å². The molecule has 116 valence electrons. The van der Waals surface area contributed by atoms with Crippen LogP contribution in [0.3, 0.4) is 0 Å². The number of amides is 1. The highest BCUT2D eigenvalue weighted by atomic mass is 16.2. The Hall–Kier alpha value is -2.58. The third kappa shape index (κ3) is 3.35. The van der Waals surface area contributed by atoms with Crippen LogP contribution in [0, 0.1) is 0 Å². The van der Waals surface area contributed by atoms with Gasteiger partial charge in [0.1, 0.15) is 12.9 Å². The lowest BCUT2D eigenvalue weighted by molar-refractivity contribution is -0.121. The lowest BCUT2D eigenvalue weighted by atomic mass is 9.97. The number of rotatable bonds is 5. The Morgan fingerprint density at radius 3 is 3.00 bits per heavy atom. The van der Waals surface area contributed by atoms with Gasteiger partial charge in [-0.05, 0) is 41.7 Å². The van der Waals surface area contributed by atoms with E-state index in [0.717, 1.165) is 36.9 Å². The van der Waals surface area contributed by atoms with Gasteiger partial charge >= 0.3 is 0 Å². The first kappa shape index (κ1) is 14.4. The van der Waals surface area contributed by atoms with Crippen molar-refractivity contribution in [2.75, 3.05) is 6.54 Å². The molecule has 9 nitrogen and oxygen atoms in total. The van der Waals surface area contributed by atoms with Crippen molar-refractivity contribution in [3.63, 3.8) is 0 Å². The van der Waals surface area contributed by atoms with E-state index in [1.54, 1.807) is 6.07 Å². The average molecular weight is 303 g/mol. The fourth-order valence-electron chi connectivity index (χ4n) is 2.52. The van der Waals surface area contributed by atoms with Crippen LogP contribution in [0.25, 0.3) is 0 Å². The zero-order valence-corrected chi connectivity index (χ0v) is 12.1. The number of hydrogen-bond acceptors (Lipinski definition) is 6. The predicted octanol–water partition coefficient (Wildman–Crippen LogP) is -1.07. The molecule has 9 heteroatoms. The van der Waals surface area contributed by atoms with Gasteiger partial charge in [-0.2, -0.15) is 5.10 Å². The molecular weight excluding hydrogens is 286 g/mol. The van der Waals surface area contributed by atoms with E-state index in [0.29, 0.717) is 13.1 Å². The molecule has 1 N–H and O–H groups in total. The van der Waals surface area contributed by atoms with E-state index in [1.807, 2.05) is 0 Å². The minimum Gasteiger partial charge on any atom is -0.353 e. The Labute approximate surface area is 126 Å². The van der Waals surface area contributed by atoms with Crippen LogP contribution in [0.2, 0.25) is 0 Å². The normalized spacial score (nSPS) is 13.6. The second kappa shape index (κ2) is 6.46. The molecule has 0 saturated carbocycles. The molecule has 3 rings (SSSR count). The van der Waals surface area contributed by atoms with Crippen LogP contribution in [0.5, 0.6) is 0 Å². The molecule has 1 amide bonds. The van der Waals surface area contributed by atoms with E-state index >= 15 is 0 Å². The maximum Gasteiger partial charge on any atom is 0.267 e. The summed E-state index contributed by atoms with van der Waals surface area (Å²) in [7, 11) is 0. The summed E-state index contributed by atoms with van der Waals surface area (Å²) in [5, 5.41) is 17.6. The van der Waals surface area contributed by atoms with Crippen molar-refractivity contribution in [2.24, 2.45) is 0 Å². The number of hydrogen-bond donors (Lipinski definition) is 1. The molecule has 22 heavy (non-hydrogen) atoms. The number of carbonyl (C=O) groups excluding carboxylic acids is 1. The van der Waals surface area contributed by atoms with Crippen LogP contribution in [0.1, 0.15) is 24.1 Å². The number of aryl methyl sites for hydroxylation is 2. The van der Waals surface area contributed by atoms with Crippen LogP contribution < -0.4 is 10.9 Å². The minimum absolute atomic E-state index is 0.0551. The second-order valence-electron chi connectivity index (χ2n) is 5.24. The van der Waals surface area contributed by atoms with Crippen LogP contribution in [0.15, 0.2) is 17.2 Å². The number of tetrazole rings is 1. The Bertz CT molecular complexity index is 708. The highest BCUT2D eigenvalue weighted by molar-refractivity contribution is 5.75. The molecule has 0 bridgehead atoms. The van der Waals surface area contributed by atoms with E-state index in [1.165, 1.54) is 15.7 Å². The molecule has 0 atom stereocenters. The van der Waals surface area contributed by atoms with Crippen molar-refractivity contribution < 1.29 is 4.79 Å². The molecule has 0 unspecified atom stereocenters. The first-order chi connectivity index (χ1) is 10.7. The summed E-state index contributed by atoms with van der Waals surface area (Å²) < 4.78 is 2.75. The Morgan fingerprint density at radius 1 is 1.32 bits per heavy atom. The Kier molecular flexibility index (Phi) is 4.22.